The normalized spacial score (nSPS) is 13.5. The Morgan fingerprint density at radius 1 is 1.47 bits per heavy atom. The third-order valence-corrected chi connectivity index (χ3v) is 3.36. The lowest BCUT2D eigenvalue weighted by Crippen LogP contribution is -2.23. The molecule has 1 rings (SSSR count). The monoisotopic (exact) mass is 339 g/mol. The molecule has 0 saturated heterocycles. The van der Waals surface area contributed by atoms with Crippen LogP contribution in [-0.4, -0.2) is 36.5 Å². The van der Waals surface area contributed by atoms with Gasteiger partial charge in [0.1, 0.15) is 6.61 Å². The van der Waals surface area contributed by atoms with Crippen LogP contribution in [0.25, 0.3) is 0 Å². The van der Waals surface area contributed by atoms with Crippen LogP contribution in [0.2, 0.25) is 0 Å². The third-order valence-electron chi connectivity index (χ3n) is 2.75. The second-order valence-corrected chi connectivity index (χ2v) is 5.37. The molecule has 1 aromatic heterocycles. The maximum Gasteiger partial charge on any atom is 0.261 e. The fraction of sp³-hybridized carbons (Fsp3) is 0.750. The molecule has 0 aliphatic rings. The van der Waals surface area contributed by atoms with Gasteiger partial charge >= 0.3 is 0 Å². The van der Waals surface area contributed by atoms with E-state index in [1.54, 1.807) is 6.20 Å². The van der Waals surface area contributed by atoms with Crippen LogP contribution in [0.5, 0.6) is 0 Å². The molecule has 0 bridgehead atoms. The fourth-order valence-corrected chi connectivity index (χ4v) is 2.43. The number of nitrogens with one attached hydrogen (secondary N) is 1. The summed E-state index contributed by atoms with van der Waals surface area (Å²) in [6, 6.07) is 0.246. The Bertz CT molecular complexity index is 385. The van der Waals surface area contributed by atoms with E-state index in [0.29, 0.717) is 6.42 Å². The van der Waals surface area contributed by atoms with Crippen molar-refractivity contribution in [2.45, 2.75) is 38.8 Å². The van der Waals surface area contributed by atoms with Gasteiger partial charge in [0.05, 0.1) is 22.4 Å². The van der Waals surface area contributed by atoms with E-state index >= 15 is 0 Å². The summed E-state index contributed by atoms with van der Waals surface area (Å²) in [6.45, 7) is 3.86. The summed E-state index contributed by atoms with van der Waals surface area (Å²) in [6.07, 6.45) is -0.0547. The molecule has 1 aromatic rings. The van der Waals surface area contributed by atoms with Gasteiger partial charge in [-0.15, -0.1) is 0 Å². The predicted octanol–water partition coefficient (Wildman–Crippen LogP) is 3.16. The van der Waals surface area contributed by atoms with Crippen LogP contribution in [0.4, 0.5) is 8.78 Å². The van der Waals surface area contributed by atoms with Crippen LogP contribution in [-0.2, 0) is 4.74 Å². The number of hydrogen-bond acceptors (Lipinski definition) is 3. The highest BCUT2D eigenvalue weighted by Crippen LogP contribution is 2.27. The summed E-state index contributed by atoms with van der Waals surface area (Å²) >= 11 is 3.47. The van der Waals surface area contributed by atoms with E-state index in [-0.39, 0.29) is 18.7 Å². The Morgan fingerprint density at radius 2 is 2.16 bits per heavy atom. The summed E-state index contributed by atoms with van der Waals surface area (Å²) in [5, 5.41) is 7.48. The van der Waals surface area contributed by atoms with E-state index in [9.17, 15) is 8.78 Å². The van der Waals surface area contributed by atoms with Crippen LogP contribution in [0.3, 0.4) is 0 Å². The molecule has 0 aliphatic carbocycles. The van der Waals surface area contributed by atoms with Gasteiger partial charge in [0.25, 0.3) is 6.43 Å². The number of hydrogen-bond donors (Lipinski definition) is 1. The van der Waals surface area contributed by atoms with Gasteiger partial charge in [0.15, 0.2) is 0 Å². The topological polar surface area (TPSA) is 39.1 Å². The fourth-order valence-electron chi connectivity index (χ4n) is 1.88. The van der Waals surface area contributed by atoms with Gasteiger partial charge in [-0.25, -0.2) is 8.78 Å². The standard InChI is InChI=1S/C12H20BrF2N3O/c1-8(2)18-12(9(13)6-17-18)10(16-3)4-5-19-7-11(14)15/h6,8,10-11,16H,4-5,7H2,1-3H3. The molecule has 0 saturated carbocycles. The minimum absolute atomic E-state index is 0.0111. The van der Waals surface area contributed by atoms with E-state index in [2.05, 4.69) is 26.3 Å². The minimum Gasteiger partial charge on any atom is -0.375 e. The summed E-state index contributed by atoms with van der Waals surface area (Å²) in [5.74, 6) is 0. The van der Waals surface area contributed by atoms with E-state index in [4.69, 9.17) is 4.74 Å². The first kappa shape index (κ1) is 16.5. The zero-order valence-corrected chi connectivity index (χ0v) is 13.0. The first-order valence-electron chi connectivity index (χ1n) is 6.23. The molecule has 0 amide bonds. The quantitative estimate of drug-likeness (QED) is 0.739. The van der Waals surface area contributed by atoms with E-state index in [1.165, 1.54) is 0 Å². The lowest BCUT2D eigenvalue weighted by Gasteiger charge is -2.20. The molecule has 7 heteroatoms. The molecule has 0 aliphatic heterocycles. The molecule has 1 heterocycles. The van der Waals surface area contributed by atoms with Gasteiger partial charge in [-0.2, -0.15) is 5.10 Å². The van der Waals surface area contributed by atoms with E-state index in [0.717, 1.165) is 10.2 Å². The maximum atomic E-state index is 12.0. The van der Waals surface area contributed by atoms with Gasteiger partial charge < -0.3 is 10.1 Å². The van der Waals surface area contributed by atoms with Crippen molar-refractivity contribution in [1.82, 2.24) is 15.1 Å². The Balaban J connectivity index is 2.66. The second-order valence-electron chi connectivity index (χ2n) is 4.51. The van der Waals surface area contributed by atoms with Crippen molar-refractivity contribution in [3.8, 4) is 0 Å². The summed E-state index contributed by atoms with van der Waals surface area (Å²) in [4.78, 5) is 0. The Hall–Kier alpha value is -0.530. The predicted molar refractivity (Wildman–Crippen MR) is 73.6 cm³/mol. The molecule has 0 fully saturated rings. The molecule has 4 nitrogen and oxygen atoms in total. The zero-order valence-electron chi connectivity index (χ0n) is 11.4. The van der Waals surface area contributed by atoms with Crippen molar-refractivity contribution in [1.29, 1.82) is 0 Å². The Morgan fingerprint density at radius 3 is 2.68 bits per heavy atom. The Kier molecular flexibility index (Phi) is 6.88. The van der Waals surface area contributed by atoms with Crippen LogP contribution in [0.15, 0.2) is 10.7 Å². The van der Waals surface area contributed by atoms with Crippen molar-refractivity contribution >= 4 is 15.9 Å². The first-order valence-corrected chi connectivity index (χ1v) is 7.02. The highest BCUT2D eigenvalue weighted by atomic mass is 79.9. The number of aromatic nitrogens is 2. The summed E-state index contributed by atoms with van der Waals surface area (Å²) < 4.78 is 31.7. The van der Waals surface area contributed by atoms with Crippen molar-refractivity contribution < 1.29 is 13.5 Å². The summed E-state index contributed by atoms with van der Waals surface area (Å²) in [5.41, 5.74) is 1.01. The number of halogens is 3. The first-order chi connectivity index (χ1) is 8.97. The molecule has 1 atom stereocenters. The zero-order chi connectivity index (χ0) is 14.4. The van der Waals surface area contributed by atoms with Gasteiger partial charge in [-0.1, -0.05) is 0 Å². The van der Waals surface area contributed by atoms with Gasteiger partial charge in [-0.05, 0) is 43.2 Å². The average Bonchev–Trinajstić information content (AvgIpc) is 2.71. The number of nitrogens with zero attached hydrogens (tertiary/aromatic N) is 2. The molecule has 1 unspecified atom stereocenters. The highest BCUT2D eigenvalue weighted by molar-refractivity contribution is 9.10. The number of alkyl halides is 2. The Labute approximate surface area is 120 Å². The van der Waals surface area contributed by atoms with Gasteiger partial charge in [-0.3, -0.25) is 4.68 Å². The van der Waals surface area contributed by atoms with Crippen molar-refractivity contribution in [3.05, 3.63) is 16.4 Å². The molecule has 0 radical (unpaired) electrons. The smallest absolute Gasteiger partial charge is 0.261 e. The molecule has 0 aromatic carbocycles. The van der Waals surface area contributed by atoms with E-state index < -0.39 is 13.0 Å². The lowest BCUT2D eigenvalue weighted by atomic mass is 10.1. The van der Waals surface area contributed by atoms with Crippen LogP contribution >= 0.6 is 15.9 Å². The minimum atomic E-state index is -2.42. The molecule has 19 heavy (non-hydrogen) atoms. The van der Waals surface area contributed by atoms with Gasteiger partial charge in [0.2, 0.25) is 0 Å². The largest absolute Gasteiger partial charge is 0.375 e. The third kappa shape index (κ3) is 4.81. The molecular weight excluding hydrogens is 320 g/mol. The SMILES string of the molecule is CNC(CCOCC(F)F)c1c(Br)cnn1C(C)C. The highest BCUT2D eigenvalue weighted by Gasteiger charge is 2.20. The maximum absolute atomic E-state index is 12.0. The van der Waals surface area contributed by atoms with Crippen molar-refractivity contribution in [2.75, 3.05) is 20.3 Å². The number of ether oxygens (including phenoxy) is 1. The van der Waals surface area contributed by atoms with Crippen molar-refractivity contribution in [3.63, 3.8) is 0 Å². The molecule has 110 valence electrons. The van der Waals surface area contributed by atoms with Crippen LogP contribution in [0, 0.1) is 0 Å². The average molecular weight is 340 g/mol. The molecular formula is C12H20BrF2N3O. The molecule has 1 N–H and O–H groups in total. The number of rotatable bonds is 8. The lowest BCUT2D eigenvalue weighted by molar-refractivity contribution is 0.0143. The van der Waals surface area contributed by atoms with Crippen LogP contribution in [0.1, 0.15) is 38.0 Å². The van der Waals surface area contributed by atoms with Crippen LogP contribution < -0.4 is 5.32 Å². The van der Waals surface area contributed by atoms with Gasteiger partial charge in [0, 0.05) is 12.6 Å². The van der Waals surface area contributed by atoms with E-state index in [1.807, 2.05) is 25.6 Å². The second kappa shape index (κ2) is 7.91. The molecule has 0 spiro atoms. The summed E-state index contributed by atoms with van der Waals surface area (Å²) in [7, 11) is 1.84. The van der Waals surface area contributed by atoms with Crippen molar-refractivity contribution in [2.24, 2.45) is 0 Å².